The van der Waals surface area contributed by atoms with Crippen LogP contribution in [0.15, 0.2) is 22.9 Å². The van der Waals surface area contributed by atoms with Gasteiger partial charge < -0.3 is 5.32 Å². The average Bonchev–Trinajstić information content (AvgIpc) is 2.16. The molecule has 0 aliphatic carbocycles. The Morgan fingerprint density at radius 3 is 2.87 bits per heavy atom. The highest BCUT2D eigenvalue weighted by Crippen LogP contribution is 2.16. The maximum atomic E-state index is 5.85. The van der Waals surface area contributed by atoms with Crippen molar-refractivity contribution < 1.29 is 0 Å². The van der Waals surface area contributed by atoms with Crippen molar-refractivity contribution in [2.45, 2.75) is 19.0 Å². The molecule has 15 heavy (non-hydrogen) atoms. The number of anilines is 1. The van der Waals surface area contributed by atoms with Crippen molar-refractivity contribution in [2.24, 2.45) is 0 Å². The van der Waals surface area contributed by atoms with E-state index >= 15 is 0 Å². The topological polar surface area (TPSA) is 37.8 Å². The van der Waals surface area contributed by atoms with Gasteiger partial charge in [-0.25, -0.2) is 9.97 Å². The molecule has 0 radical (unpaired) electrons. The quantitative estimate of drug-likeness (QED) is 0.381. The number of nitrogens with one attached hydrogen (secondary N) is 1. The van der Waals surface area contributed by atoms with Gasteiger partial charge in [0.1, 0.15) is 11.0 Å². The molecule has 0 aromatic carbocycles. The number of nitrogens with zero attached hydrogens (tertiary/aromatic N) is 2. The fraction of sp³-hybridized carbons (Fsp3) is 0.400. The van der Waals surface area contributed by atoms with E-state index < -0.39 is 0 Å². The number of rotatable bonds is 4. The summed E-state index contributed by atoms with van der Waals surface area (Å²) in [6, 6.07) is 1.72. The standard InChI is InChI=1S/C10H14ClN3S/c1-7(2)4-5-12-9-6-8(11)13-10(14-9)15-3/h4,6H,5H2,1-3H3,(H,12,13,14). The normalized spacial score (nSPS) is 9.87. The van der Waals surface area contributed by atoms with E-state index in [9.17, 15) is 0 Å². The van der Waals surface area contributed by atoms with Crippen LogP contribution in [0.25, 0.3) is 0 Å². The van der Waals surface area contributed by atoms with Crippen molar-refractivity contribution in [1.82, 2.24) is 9.97 Å². The van der Waals surface area contributed by atoms with E-state index in [0.29, 0.717) is 10.3 Å². The van der Waals surface area contributed by atoms with Gasteiger partial charge >= 0.3 is 0 Å². The van der Waals surface area contributed by atoms with Crippen LogP contribution in [0.4, 0.5) is 5.82 Å². The van der Waals surface area contributed by atoms with Gasteiger partial charge in [0.05, 0.1) is 0 Å². The minimum Gasteiger partial charge on any atom is -0.366 e. The lowest BCUT2D eigenvalue weighted by Gasteiger charge is -2.04. The van der Waals surface area contributed by atoms with Crippen molar-refractivity contribution in [3.05, 3.63) is 22.9 Å². The molecule has 1 rings (SSSR count). The number of allylic oxidation sites excluding steroid dienone is 1. The molecule has 5 heteroatoms. The predicted molar refractivity (Wildman–Crippen MR) is 66.7 cm³/mol. The fourth-order valence-electron chi connectivity index (χ4n) is 0.938. The van der Waals surface area contributed by atoms with E-state index in [0.717, 1.165) is 12.4 Å². The molecule has 1 N–H and O–H groups in total. The number of halogens is 1. The van der Waals surface area contributed by atoms with Gasteiger partial charge in [0.25, 0.3) is 0 Å². The second-order valence-electron chi connectivity index (χ2n) is 3.22. The van der Waals surface area contributed by atoms with Crippen LogP contribution in [0, 0.1) is 0 Å². The van der Waals surface area contributed by atoms with E-state index in [2.05, 4.69) is 35.2 Å². The Kier molecular flexibility index (Phi) is 4.91. The first-order valence-corrected chi connectivity index (χ1v) is 6.18. The molecule has 1 aromatic heterocycles. The van der Waals surface area contributed by atoms with Crippen LogP contribution in [0.1, 0.15) is 13.8 Å². The average molecular weight is 244 g/mol. The van der Waals surface area contributed by atoms with Crippen LogP contribution in [-0.4, -0.2) is 22.8 Å². The highest BCUT2D eigenvalue weighted by molar-refractivity contribution is 7.98. The Morgan fingerprint density at radius 2 is 2.27 bits per heavy atom. The maximum Gasteiger partial charge on any atom is 0.190 e. The van der Waals surface area contributed by atoms with E-state index in [-0.39, 0.29) is 0 Å². The van der Waals surface area contributed by atoms with Crippen LogP contribution in [0.5, 0.6) is 0 Å². The third-order valence-corrected chi connectivity index (χ3v) is 2.39. The molecule has 0 saturated heterocycles. The van der Waals surface area contributed by atoms with Crippen molar-refractivity contribution in [3.8, 4) is 0 Å². The smallest absolute Gasteiger partial charge is 0.190 e. The number of aromatic nitrogens is 2. The molecule has 0 amide bonds. The monoisotopic (exact) mass is 243 g/mol. The Labute approximate surface area is 99.3 Å². The Bertz CT molecular complexity index is 362. The van der Waals surface area contributed by atoms with Crippen molar-refractivity contribution in [3.63, 3.8) is 0 Å². The molecule has 0 saturated carbocycles. The summed E-state index contributed by atoms with van der Waals surface area (Å²) in [5, 5.41) is 4.32. The molecular weight excluding hydrogens is 230 g/mol. The van der Waals surface area contributed by atoms with Crippen molar-refractivity contribution >= 4 is 29.2 Å². The van der Waals surface area contributed by atoms with E-state index in [1.807, 2.05) is 6.26 Å². The van der Waals surface area contributed by atoms with Gasteiger partial charge in [0.2, 0.25) is 0 Å². The molecule has 0 atom stereocenters. The fourth-order valence-corrected chi connectivity index (χ4v) is 1.55. The lowest BCUT2D eigenvalue weighted by atomic mass is 10.3. The van der Waals surface area contributed by atoms with Crippen molar-refractivity contribution in [1.29, 1.82) is 0 Å². The summed E-state index contributed by atoms with van der Waals surface area (Å²) in [5.74, 6) is 0.761. The number of hydrogen-bond donors (Lipinski definition) is 1. The summed E-state index contributed by atoms with van der Waals surface area (Å²) in [6.45, 7) is 4.87. The van der Waals surface area contributed by atoms with Crippen LogP contribution < -0.4 is 5.32 Å². The van der Waals surface area contributed by atoms with Crippen LogP contribution in [0.3, 0.4) is 0 Å². The molecule has 3 nitrogen and oxygen atoms in total. The van der Waals surface area contributed by atoms with Gasteiger partial charge in [0, 0.05) is 12.6 Å². The van der Waals surface area contributed by atoms with Gasteiger partial charge in [-0.2, -0.15) is 0 Å². The molecular formula is C10H14ClN3S. The molecule has 0 bridgehead atoms. The van der Waals surface area contributed by atoms with E-state index in [4.69, 9.17) is 11.6 Å². The summed E-state index contributed by atoms with van der Waals surface area (Å²) in [5.41, 5.74) is 1.27. The highest BCUT2D eigenvalue weighted by Gasteiger charge is 2.00. The largest absolute Gasteiger partial charge is 0.366 e. The zero-order chi connectivity index (χ0) is 11.3. The molecule has 0 aliphatic rings. The van der Waals surface area contributed by atoms with Gasteiger partial charge in [0.15, 0.2) is 5.16 Å². The molecule has 1 heterocycles. The molecule has 82 valence electrons. The van der Waals surface area contributed by atoms with Crippen LogP contribution >= 0.6 is 23.4 Å². The van der Waals surface area contributed by atoms with Crippen LogP contribution in [0.2, 0.25) is 5.15 Å². The zero-order valence-corrected chi connectivity index (χ0v) is 10.6. The third kappa shape index (κ3) is 4.53. The summed E-state index contributed by atoms with van der Waals surface area (Å²) >= 11 is 7.33. The molecule has 1 aromatic rings. The highest BCUT2D eigenvalue weighted by atomic mass is 35.5. The van der Waals surface area contributed by atoms with Gasteiger partial charge in [-0.15, -0.1) is 0 Å². The van der Waals surface area contributed by atoms with Crippen LogP contribution in [-0.2, 0) is 0 Å². The molecule has 0 unspecified atom stereocenters. The molecule has 0 aliphatic heterocycles. The van der Waals surface area contributed by atoms with E-state index in [1.165, 1.54) is 17.3 Å². The van der Waals surface area contributed by atoms with Gasteiger partial charge in [-0.3, -0.25) is 0 Å². The Hall–Kier alpha value is -0.740. The Morgan fingerprint density at radius 1 is 1.53 bits per heavy atom. The summed E-state index contributed by atoms with van der Waals surface area (Å²) in [4.78, 5) is 8.33. The first-order valence-electron chi connectivity index (χ1n) is 4.57. The van der Waals surface area contributed by atoms with Gasteiger partial charge in [-0.05, 0) is 20.1 Å². The SMILES string of the molecule is CSc1nc(Cl)cc(NCC=C(C)C)n1. The minimum absolute atomic E-state index is 0.467. The zero-order valence-electron chi connectivity index (χ0n) is 9.04. The maximum absolute atomic E-state index is 5.85. The second-order valence-corrected chi connectivity index (χ2v) is 4.39. The predicted octanol–water partition coefficient (Wildman–Crippen LogP) is 3.23. The van der Waals surface area contributed by atoms with E-state index in [1.54, 1.807) is 6.07 Å². The summed E-state index contributed by atoms with van der Waals surface area (Å²) < 4.78 is 0. The minimum atomic E-state index is 0.467. The lowest BCUT2D eigenvalue weighted by Crippen LogP contribution is -2.02. The summed E-state index contributed by atoms with van der Waals surface area (Å²) in [7, 11) is 0. The summed E-state index contributed by atoms with van der Waals surface area (Å²) in [6.07, 6.45) is 4.01. The van der Waals surface area contributed by atoms with Crippen molar-refractivity contribution in [2.75, 3.05) is 18.1 Å². The number of hydrogen-bond acceptors (Lipinski definition) is 4. The first-order chi connectivity index (χ1) is 7.11. The third-order valence-electron chi connectivity index (χ3n) is 1.65. The second kappa shape index (κ2) is 5.98. The molecule has 0 spiro atoms. The molecule has 0 fully saturated rings. The Balaban J connectivity index is 2.68. The van der Waals surface area contributed by atoms with Gasteiger partial charge in [-0.1, -0.05) is 35.0 Å². The number of thioether (sulfide) groups is 1. The first kappa shape index (κ1) is 12.3. The lowest BCUT2D eigenvalue weighted by molar-refractivity contribution is 0.967.